The number of benzene rings is 2. The summed E-state index contributed by atoms with van der Waals surface area (Å²) in [6, 6.07) is 14.2. The average molecular weight is 332 g/mol. The number of fused-ring (bicyclic) bond motifs is 5. The summed E-state index contributed by atoms with van der Waals surface area (Å²) in [5.41, 5.74) is 7.15. The second-order valence-electron chi connectivity index (χ2n) is 7.73. The molecule has 0 saturated heterocycles. The van der Waals surface area contributed by atoms with Crippen LogP contribution in [-0.2, 0) is 0 Å². The Hall–Kier alpha value is -2.35. The van der Waals surface area contributed by atoms with Gasteiger partial charge in [0, 0.05) is 0 Å². The molecule has 2 heteroatoms. The molecule has 1 saturated carbocycles. The number of carbonyl (C=O) groups is 1. The zero-order valence-corrected chi connectivity index (χ0v) is 14.8. The molecule has 2 bridgehead atoms. The summed E-state index contributed by atoms with van der Waals surface area (Å²) >= 11 is 0. The van der Waals surface area contributed by atoms with Crippen molar-refractivity contribution in [2.24, 2.45) is 5.92 Å². The van der Waals surface area contributed by atoms with Gasteiger partial charge in [0.05, 0.1) is 5.56 Å². The van der Waals surface area contributed by atoms with Crippen molar-refractivity contribution in [1.29, 1.82) is 0 Å². The van der Waals surface area contributed by atoms with Gasteiger partial charge in [-0.1, -0.05) is 50.3 Å². The molecule has 2 aliphatic rings. The van der Waals surface area contributed by atoms with Crippen LogP contribution < -0.4 is 0 Å². The van der Waals surface area contributed by atoms with E-state index in [-0.39, 0.29) is 0 Å². The Kier molecular flexibility index (Phi) is 3.99. The van der Waals surface area contributed by atoms with Crippen molar-refractivity contribution in [3.8, 4) is 0 Å². The third-order valence-corrected chi connectivity index (χ3v) is 5.83. The first kappa shape index (κ1) is 16.1. The van der Waals surface area contributed by atoms with Crippen molar-refractivity contribution >= 4 is 17.6 Å². The molecule has 2 atom stereocenters. The summed E-state index contributed by atoms with van der Waals surface area (Å²) in [7, 11) is 0. The summed E-state index contributed by atoms with van der Waals surface area (Å²) in [4.78, 5) is 11.0. The van der Waals surface area contributed by atoms with Crippen LogP contribution in [0.15, 0.2) is 42.5 Å². The molecule has 2 nitrogen and oxygen atoms in total. The lowest BCUT2D eigenvalue weighted by molar-refractivity contribution is 0.0697. The van der Waals surface area contributed by atoms with Gasteiger partial charge in [-0.3, -0.25) is 0 Å². The lowest BCUT2D eigenvalue weighted by Crippen LogP contribution is -2.01. The molecular formula is C23H24O2. The predicted molar refractivity (Wildman–Crippen MR) is 102 cm³/mol. The van der Waals surface area contributed by atoms with E-state index in [2.05, 4.69) is 38.1 Å². The number of carboxylic acids is 1. The Morgan fingerprint density at radius 2 is 1.64 bits per heavy atom. The lowest BCUT2D eigenvalue weighted by Gasteiger charge is -2.19. The van der Waals surface area contributed by atoms with Gasteiger partial charge in [-0.05, 0) is 77.0 Å². The molecule has 2 aliphatic carbocycles. The van der Waals surface area contributed by atoms with Crippen LogP contribution in [-0.4, -0.2) is 11.1 Å². The zero-order chi connectivity index (χ0) is 17.6. The molecule has 2 aromatic carbocycles. The molecule has 1 N–H and O–H groups in total. The maximum atomic E-state index is 11.0. The number of hydrogen-bond acceptors (Lipinski definition) is 1. The van der Waals surface area contributed by atoms with Crippen LogP contribution in [0.5, 0.6) is 0 Å². The Balaban J connectivity index is 1.70. The molecule has 2 unspecified atom stereocenters. The second kappa shape index (κ2) is 6.18. The molecule has 1 fully saturated rings. The fraction of sp³-hybridized carbons (Fsp3) is 0.348. The number of aromatic carboxylic acids is 1. The van der Waals surface area contributed by atoms with Crippen LogP contribution in [0.1, 0.15) is 77.6 Å². The van der Waals surface area contributed by atoms with Crippen molar-refractivity contribution in [2.75, 3.05) is 0 Å². The van der Waals surface area contributed by atoms with Crippen molar-refractivity contribution in [3.05, 3.63) is 70.3 Å². The van der Waals surface area contributed by atoms with Gasteiger partial charge in [-0.2, -0.15) is 0 Å². The van der Waals surface area contributed by atoms with Crippen molar-refractivity contribution in [1.82, 2.24) is 0 Å². The van der Waals surface area contributed by atoms with Gasteiger partial charge in [-0.15, -0.1) is 0 Å². The monoisotopic (exact) mass is 332 g/mol. The highest BCUT2D eigenvalue weighted by Gasteiger charge is 2.36. The van der Waals surface area contributed by atoms with Crippen LogP contribution in [0.2, 0.25) is 0 Å². The fourth-order valence-corrected chi connectivity index (χ4v) is 4.51. The first-order valence-corrected chi connectivity index (χ1v) is 9.22. The third kappa shape index (κ3) is 2.90. The van der Waals surface area contributed by atoms with E-state index in [1.807, 2.05) is 12.1 Å². The number of carboxylic acid groups (broad SMARTS) is 1. The highest BCUT2D eigenvalue weighted by Crippen LogP contribution is 2.53. The average Bonchev–Trinajstić information content (AvgIpc) is 3.21. The van der Waals surface area contributed by atoms with E-state index in [0.717, 1.165) is 17.4 Å². The highest BCUT2D eigenvalue weighted by molar-refractivity contribution is 5.88. The molecule has 0 spiro atoms. The molecule has 2 aromatic rings. The molecule has 0 aliphatic heterocycles. The summed E-state index contributed by atoms with van der Waals surface area (Å²) in [5, 5.41) is 9.05. The van der Waals surface area contributed by atoms with Gasteiger partial charge in [0.2, 0.25) is 0 Å². The standard InChI is InChI=1S/C23H24O2/c1-14(2)21(11-15-3-5-16(6-4-15)23(24)25)19-9-10-20-17-7-8-18(12-17)22(20)13-19/h3-6,9-11,13-14,17-18H,7-8,12H2,1-2H3,(H,24,25). The van der Waals surface area contributed by atoms with Crippen LogP contribution in [0, 0.1) is 5.92 Å². The van der Waals surface area contributed by atoms with Gasteiger partial charge < -0.3 is 5.11 Å². The topological polar surface area (TPSA) is 37.3 Å². The predicted octanol–water partition coefficient (Wildman–Crippen LogP) is 5.95. The van der Waals surface area contributed by atoms with E-state index >= 15 is 0 Å². The Bertz CT molecular complexity index is 843. The van der Waals surface area contributed by atoms with Crippen molar-refractivity contribution in [2.45, 2.75) is 44.9 Å². The lowest BCUT2D eigenvalue weighted by atomic mass is 9.86. The van der Waals surface area contributed by atoms with Crippen LogP contribution >= 0.6 is 0 Å². The molecule has 0 aromatic heterocycles. The largest absolute Gasteiger partial charge is 0.478 e. The van der Waals surface area contributed by atoms with Gasteiger partial charge in [-0.25, -0.2) is 4.79 Å². The Morgan fingerprint density at radius 3 is 2.28 bits per heavy atom. The minimum atomic E-state index is -0.881. The molecule has 0 radical (unpaired) electrons. The number of rotatable bonds is 4. The highest BCUT2D eigenvalue weighted by atomic mass is 16.4. The quantitative estimate of drug-likeness (QED) is 0.703. The van der Waals surface area contributed by atoms with Crippen LogP contribution in [0.25, 0.3) is 11.6 Å². The van der Waals surface area contributed by atoms with Gasteiger partial charge in [0.25, 0.3) is 0 Å². The van der Waals surface area contributed by atoms with E-state index in [9.17, 15) is 4.79 Å². The van der Waals surface area contributed by atoms with Crippen LogP contribution in [0.3, 0.4) is 0 Å². The van der Waals surface area contributed by atoms with E-state index in [1.54, 1.807) is 23.3 Å². The molecular weight excluding hydrogens is 308 g/mol. The SMILES string of the molecule is CC(C)C(=Cc1ccc(C(=O)O)cc1)c1ccc2c(c1)C1CCC2C1. The number of allylic oxidation sites excluding steroid dienone is 1. The summed E-state index contributed by atoms with van der Waals surface area (Å²) in [5.74, 6) is 1.09. The van der Waals surface area contributed by atoms with Gasteiger partial charge >= 0.3 is 5.97 Å². The normalized spacial score (nSPS) is 21.6. The fourth-order valence-electron chi connectivity index (χ4n) is 4.51. The molecule has 128 valence electrons. The zero-order valence-electron chi connectivity index (χ0n) is 14.8. The van der Waals surface area contributed by atoms with Gasteiger partial charge in [0.15, 0.2) is 0 Å². The summed E-state index contributed by atoms with van der Waals surface area (Å²) < 4.78 is 0. The summed E-state index contributed by atoms with van der Waals surface area (Å²) in [6.07, 6.45) is 6.25. The van der Waals surface area contributed by atoms with E-state index in [1.165, 1.54) is 30.4 Å². The summed E-state index contributed by atoms with van der Waals surface area (Å²) in [6.45, 7) is 4.44. The molecule has 0 amide bonds. The smallest absolute Gasteiger partial charge is 0.335 e. The van der Waals surface area contributed by atoms with Crippen molar-refractivity contribution < 1.29 is 9.90 Å². The molecule has 25 heavy (non-hydrogen) atoms. The second-order valence-corrected chi connectivity index (χ2v) is 7.73. The molecule has 0 heterocycles. The van der Waals surface area contributed by atoms with E-state index in [4.69, 9.17) is 5.11 Å². The maximum Gasteiger partial charge on any atom is 0.335 e. The van der Waals surface area contributed by atoms with Crippen molar-refractivity contribution in [3.63, 3.8) is 0 Å². The van der Waals surface area contributed by atoms with Crippen LogP contribution in [0.4, 0.5) is 0 Å². The van der Waals surface area contributed by atoms with Gasteiger partial charge in [0.1, 0.15) is 0 Å². The van der Waals surface area contributed by atoms with E-state index in [0.29, 0.717) is 11.5 Å². The minimum absolute atomic E-state index is 0.330. The third-order valence-electron chi connectivity index (χ3n) is 5.83. The molecule has 4 rings (SSSR count). The Morgan fingerprint density at radius 1 is 1.00 bits per heavy atom. The first-order chi connectivity index (χ1) is 12.0. The van der Waals surface area contributed by atoms with E-state index < -0.39 is 5.97 Å². The first-order valence-electron chi connectivity index (χ1n) is 9.22. The minimum Gasteiger partial charge on any atom is -0.478 e. The number of hydrogen-bond donors (Lipinski definition) is 1. The Labute approximate surface area is 149 Å². The maximum absolute atomic E-state index is 11.0.